The molecule has 0 aromatic rings. The first-order valence-electron chi connectivity index (χ1n) is 11.0. The van der Waals surface area contributed by atoms with E-state index < -0.39 is 6.10 Å². The van der Waals surface area contributed by atoms with Crippen LogP contribution in [0.25, 0.3) is 0 Å². The molecule has 1 aliphatic heterocycles. The molecule has 0 unspecified atom stereocenters. The lowest BCUT2D eigenvalue weighted by Gasteiger charge is -2.46. The van der Waals surface area contributed by atoms with E-state index in [1.165, 1.54) is 19.3 Å². The van der Waals surface area contributed by atoms with Gasteiger partial charge in [-0.15, -0.1) is 11.6 Å². The molecule has 0 spiro atoms. The van der Waals surface area contributed by atoms with Gasteiger partial charge in [-0.3, -0.25) is 4.79 Å². The second-order valence-corrected chi connectivity index (χ2v) is 8.88. The Morgan fingerprint density at radius 1 is 1.15 bits per heavy atom. The number of likely N-dealkylation sites (tertiary alicyclic amines) is 1. The van der Waals surface area contributed by atoms with Gasteiger partial charge >= 0.3 is 0 Å². The van der Waals surface area contributed by atoms with Crippen LogP contribution in [-0.2, 0) is 9.53 Å². The van der Waals surface area contributed by atoms with E-state index in [-0.39, 0.29) is 23.9 Å². The lowest BCUT2D eigenvalue weighted by atomic mass is 9.88. The summed E-state index contributed by atoms with van der Waals surface area (Å²) in [5.41, 5.74) is 0. The SMILES string of the molecule is CCOC[C@H]1CC[C@@H](N2CCC(N(C(=O)CCl)[C@@H]3CCCC[C@H]3O)CC2)C1. The maximum Gasteiger partial charge on any atom is 0.238 e. The summed E-state index contributed by atoms with van der Waals surface area (Å²) < 4.78 is 5.62. The summed E-state index contributed by atoms with van der Waals surface area (Å²) in [5.74, 6) is 0.726. The van der Waals surface area contributed by atoms with Crippen molar-refractivity contribution >= 4 is 17.5 Å². The Balaban J connectivity index is 1.54. The molecule has 6 heteroatoms. The quantitative estimate of drug-likeness (QED) is 0.667. The Bertz CT molecular complexity index is 470. The van der Waals surface area contributed by atoms with Crippen molar-refractivity contribution < 1.29 is 14.6 Å². The number of rotatable bonds is 7. The summed E-state index contributed by atoms with van der Waals surface area (Å²) in [7, 11) is 0. The number of alkyl halides is 1. The van der Waals surface area contributed by atoms with E-state index in [4.69, 9.17) is 16.3 Å². The molecule has 1 amide bonds. The van der Waals surface area contributed by atoms with Gasteiger partial charge in [0.05, 0.1) is 12.1 Å². The third kappa shape index (κ3) is 5.37. The van der Waals surface area contributed by atoms with E-state index in [0.717, 1.165) is 64.8 Å². The molecule has 1 saturated heterocycles. The van der Waals surface area contributed by atoms with Gasteiger partial charge < -0.3 is 19.6 Å². The highest BCUT2D eigenvalue weighted by atomic mass is 35.5. The maximum atomic E-state index is 12.6. The fourth-order valence-electron chi connectivity index (χ4n) is 5.49. The molecular formula is C21H37ClN2O3. The van der Waals surface area contributed by atoms with Crippen LogP contribution in [0.15, 0.2) is 0 Å². The van der Waals surface area contributed by atoms with Crippen molar-refractivity contribution in [2.45, 2.75) is 88.9 Å². The molecule has 2 saturated carbocycles. The minimum atomic E-state index is -0.391. The zero-order chi connectivity index (χ0) is 19.2. The van der Waals surface area contributed by atoms with Crippen LogP contribution in [0, 0.1) is 5.92 Å². The topological polar surface area (TPSA) is 53.0 Å². The normalized spacial score (nSPS) is 33.3. The number of amides is 1. The Hall–Kier alpha value is -0.360. The molecule has 4 atom stereocenters. The molecule has 156 valence electrons. The van der Waals surface area contributed by atoms with E-state index in [1.807, 2.05) is 4.90 Å². The maximum absolute atomic E-state index is 12.6. The number of piperidine rings is 1. The van der Waals surface area contributed by atoms with Gasteiger partial charge in [0.2, 0.25) is 5.91 Å². The summed E-state index contributed by atoms with van der Waals surface area (Å²) in [4.78, 5) is 17.2. The number of aliphatic hydroxyl groups is 1. The monoisotopic (exact) mass is 400 g/mol. The number of carbonyl (C=O) groups is 1. The second kappa shape index (κ2) is 10.4. The van der Waals surface area contributed by atoms with Crippen molar-refractivity contribution in [3.63, 3.8) is 0 Å². The van der Waals surface area contributed by atoms with Gasteiger partial charge in [-0.1, -0.05) is 12.8 Å². The predicted octanol–water partition coefficient (Wildman–Crippen LogP) is 3.03. The third-order valence-electron chi connectivity index (χ3n) is 6.93. The molecule has 1 heterocycles. The largest absolute Gasteiger partial charge is 0.391 e. The average molecular weight is 401 g/mol. The van der Waals surface area contributed by atoms with Crippen molar-refractivity contribution in [3.05, 3.63) is 0 Å². The number of hydrogen-bond acceptors (Lipinski definition) is 4. The van der Waals surface area contributed by atoms with Gasteiger partial charge in [0.1, 0.15) is 5.88 Å². The Morgan fingerprint density at radius 3 is 2.56 bits per heavy atom. The standard InChI is InChI=1S/C21H37ClN2O3/c1-2-27-15-16-7-8-18(13-16)23-11-9-17(10-12-23)24(21(26)14-22)19-5-3-4-6-20(19)25/h16-20,25H,2-15H2,1H3/t16-,18+,19+,20+/m0/s1. The van der Waals surface area contributed by atoms with Crippen LogP contribution in [0.2, 0.25) is 0 Å². The van der Waals surface area contributed by atoms with Crippen LogP contribution >= 0.6 is 11.6 Å². The minimum absolute atomic E-state index is 0.00119. The number of hydrogen-bond donors (Lipinski definition) is 1. The zero-order valence-electron chi connectivity index (χ0n) is 16.8. The summed E-state index contributed by atoms with van der Waals surface area (Å²) in [6.45, 7) is 5.87. The molecule has 3 aliphatic rings. The highest BCUT2D eigenvalue weighted by Crippen LogP contribution is 2.33. The molecule has 0 aromatic carbocycles. The van der Waals surface area contributed by atoms with Crippen molar-refractivity contribution in [1.82, 2.24) is 9.80 Å². The first kappa shape index (κ1) is 21.4. The second-order valence-electron chi connectivity index (χ2n) is 8.61. The molecule has 0 aromatic heterocycles. The number of nitrogens with zero attached hydrogens (tertiary/aromatic N) is 2. The molecular weight excluding hydrogens is 364 g/mol. The fourth-order valence-corrected chi connectivity index (χ4v) is 5.63. The van der Waals surface area contributed by atoms with Gasteiger partial charge in [0.25, 0.3) is 0 Å². The van der Waals surface area contributed by atoms with Crippen LogP contribution < -0.4 is 0 Å². The van der Waals surface area contributed by atoms with Crippen LogP contribution in [-0.4, -0.2) is 77.2 Å². The van der Waals surface area contributed by atoms with Crippen molar-refractivity contribution in [3.8, 4) is 0 Å². The van der Waals surface area contributed by atoms with Crippen molar-refractivity contribution in [2.24, 2.45) is 5.92 Å². The van der Waals surface area contributed by atoms with Gasteiger partial charge in [-0.05, 0) is 57.8 Å². The average Bonchev–Trinajstić information content (AvgIpc) is 3.17. The van der Waals surface area contributed by atoms with Crippen LogP contribution in [0.5, 0.6) is 0 Å². The molecule has 0 radical (unpaired) electrons. The lowest BCUT2D eigenvalue weighted by molar-refractivity contribution is -0.139. The van der Waals surface area contributed by atoms with E-state index >= 15 is 0 Å². The lowest BCUT2D eigenvalue weighted by Crippen LogP contribution is -2.57. The Kier molecular flexibility index (Phi) is 8.24. The van der Waals surface area contributed by atoms with Gasteiger partial charge in [-0.2, -0.15) is 0 Å². The first-order valence-corrected chi connectivity index (χ1v) is 11.5. The number of carbonyl (C=O) groups excluding carboxylic acids is 1. The fraction of sp³-hybridized carbons (Fsp3) is 0.952. The summed E-state index contributed by atoms with van der Waals surface area (Å²) in [6, 6.07) is 0.864. The van der Waals surface area contributed by atoms with E-state index in [0.29, 0.717) is 12.0 Å². The molecule has 5 nitrogen and oxygen atoms in total. The number of aliphatic hydroxyl groups excluding tert-OH is 1. The highest BCUT2D eigenvalue weighted by molar-refractivity contribution is 6.27. The van der Waals surface area contributed by atoms with Crippen molar-refractivity contribution in [1.29, 1.82) is 0 Å². The highest BCUT2D eigenvalue weighted by Gasteiger charge is 2.39. The summed E-state index contributed by atoms with van der Waals surface area (Å²) in [5, 5.41) is 10.5. The first-order chi connectivity index (χ1) is 13.1. The smallest absolute Gasteiger partial charge is 0.238 e. The minimum Gasteiger partial charge on any atom is -0.391 e. The summed E-state index contributed by atoms with van der Waals surface area (Å²) >= 11 is 5.93. The molecule has 2 aliphatic carbocycles. The number of halogens is 1. The van der Waals surface area contributed by atoms with E-state index in [9.17, 15) is 9.90 Å². The molecule has 27 heavy (non-hydrogen) atoms. The van der Waals surface area contributed by atoms with Crippen LogP contribution in [0.1, 0.15) is 64.7 Å². The Labute approximate surface area is 169 Å². The molecule has 0 bridgehead atoms. The van der Waals surface area contributed by atoms with Gasteiger partial charge in [-0.25, -0.2) is 0 Å². The van der Waals surface area contributed by atoms with Crippen LogP contribution in [0.4, 0.5) is 0 Å². The number of ether oxygens (including phenoxy) is 1. The molecule has 1 N–H and O–H groups in total. The van der Waals surface area contributed by atoms with Crippen LogP contribution in [0.3, 0.4) is 0 Å². The predicted molar refractivity (Wildman–Crippen MR) is 108 cm³/mol. The molecule has 3 rings (SSSR count). The third-order valence-corrected chi connectivity index (χ3v) is 7.16. The van der Waals surface area contributed by atoms with Gasteiger partial charge in [0.15, 0.2) is 0 Å². The van der Waals surface area contributed by atoms with Gasteiger partial charge in [0, 0.05) is 38.4 Å². The molecule has 3 fully saturated rings. The van der Waals surface area contributed by atoms with E-state index in [1.54, 1.807) is 0 Å². The summed E-state index contributed by atoms with van der Waals surface area (Å²) in [6.07, 6.45) is 9.26. The van der Waals surface area contributed by atoms with E-state index in [2.05, 4.69) is 11.8 Å². The van der Waals surface area contributed by atoms with Crippen molar-refractivity contribution in [2.75, 3.05) is 32.2 Å². The Morgan fingerprint density at radius 2 is 1.89 bits per heavy atom. The zero-order valence-corrected chi connectivity index (χ0v) is 17.6.